The zero-order valence-corrected chi connectivity index (χ0v) is 16.8. The second kappa shape index (κ2) is 7.49. The molecule has 3 aromatic carbocycles. The molecule has 0 amide bonds. The summed E-state index contributed by atoms with van der Waals surface area (Å²) in [5.74, 6) is 0. The summed E-state index contributed by atoms with van der Waals surface area (Å²) < 4.78 is 70.4. The SMILES string of the molecule is O=S(=O)([O][Ge]([c]1ccccc1)([c]1ccccc1)[c]1ccccc1)C(F)(F)F. The quantitative estimate of drug-likeness (QED) is 0.441. The van der Waals surface area contributed by atoms with Crippen molar-refractivity contribution in [2.45, 2.75) is 5.51 Å². The molecular weight excluding hydrogens is 438 g/mol. The van der Waals surface area contributed by atoms with E-state index in [1.807, 2.05) is 0 Å². The molecule has 3 rings (SSSR count). The van der Waals surface area contributed by atoms with Gasteiger partial charge in [0.05, 0.1) is 0 Å². The first-order valence-electron chi connectivity index (χ1n) is 7.96. The maximum absolute atomic E-state index is 13.2. The van der Waals surface area contributed by atoms with Crippen LogP contribution in [-0.2, 0) is 13.3 Å². The van der Waals surface area contributed by atoms with E-state index >= 15 is 0 Å². The maximum atomic E-state index is 13.2. The molecule has 0 saturated carbocycles. The van der Waals surface area contributed by atoms with Crippen molar-refractivity contribution in [2.24, 2.45) is 0 Å². The van der Waals surface area contributed by atoms with Crippen molar-refractivity contribution >= 4 is 36.9 Å². The molecule has 3 nitrogen and oxygen atoms in total. The van der Waals surface area contributed by atoms with Crippen molar-refractivity contribution in [3.8, 4) is 0 Å². The van der Waals surface area contributed by atoms with E-state index in [9.17, 15) is 21.6 Å². The number of hydrogen-bond acceptors (Lipinski definition) is 3. The van der Waals surface area contributed by atoms with Crippen LogP contribution >= 0.6 is 0 Å². The van der Waals surface area contributed by atoms with Gasteiger partial charge >= 0.3 is 158 Å². The van der Waals surface area contributed by atoms with Crippen LogP contribution in [0.3, 0.4) is 0 Å². The van der Waals surface area contributed by atoms with E-state index in [0.29, 0.717) is 13.2 Å². The number of alkyl halides is 3. The molecule has 3 aromatic rings. The minimum atomic E-state index is -5.82. The molecule has 0 aliphatic heterocycles. The van der Waals surface area contributed by atoms with Crippen LogP contribution in [0.1, 0.15) is 0 Å². The summed E-state index contributed by atoms with van der Waals surface area (Å²) in [6.07, 6.45) is 0. The summed E-state index contributed by atoms with van der Waals surface area (Å²) >= 11 is -4.67. The first-order valence-corrected chi connectivity index (χ1v) is 13.4. The second-order valence-electron chi connectivity index (χ2n) is 5.76. The molecule has 0 fully saturated rings. The van der Waals surface area contributed by atoms with Gasteiger partial charge < -0.3 is 0 Å². The molecule has 140 valence electrons. The first kappa shape index (κ1) is 19.7. The van der Waals surface area contributed by atoms with E-state index in [0.717, 1.165) is 0 Å². The van der Waals surface area contributed by atoms with E-state index in [4.69, 9.17) is 3.21 Å². The van der Waals surface area contributed by atoms with Crippen LogP contribution in [0.2, 0.25) is 0 Å². The van der Waals surface area contributed by atoms with E-state index in [1.54, 1.807) is 91.0 Å². The number of rotatable bonds is 5. The Morgan fingerprint density at radius 3 is 1.19 bits per heavy atom. The van der Waals surface area contributed by atoms with E-state index in [2.05, 4.69) is 0 Å². The Balaban J connectivity index is 2.37. The Morgan fingerprint density at radius 1 is 0.630 bits per heavy atom. The fraction of sp³-hybridized carbons (Fsp3) is 0.0526. The van der Waals surface area contributed by atoms with Crippen LogP contribution in [0, 0.1) is 0 Å². The van der Waals surface area contributed by atoms with Crippen molar-refractivity contribution in [1.82, 2.24) is 0 Å². The van der Waals surface area contributed by atoms with E-state index in [-0.39, 0.29) is 0 Å². The number of halogens is 3. The molecule has 0 aromatic heterocycles. The van der Waals surface area contributed by atoms with Gasteiger partial charge in [0.15, 0.2) is 0 Å². The van der Waals surface area contributed by atoms with Gasteiger partial charge in [-0.15, -0.1) is 0 Å². The molecule has 0 spiro atoms. The van der Waals surface area contributed by atoms with Crippen LogP contribution in [0.15, 0.2) is 91.0 Å². The molecule has 0 saturated heterocycles. The average Bonchev–Trinajstić information content (AvgIpc) is 2.67. The zero-order valence-electron chi connectivity index (χ0n) is 13.9. The van der Waals surface area contributed by atoms with Crippen LogP contribution in [0.4, 0.5) is 13.2 Å². The Labute approximate surface area is 158 Å². The van der Waals surface area contributed by atoms with Crippen molar-refractivity contribution in [3.63, 3.8) is 0 Å². The third kappa shape index (κ3) is 3.80. The fourth-order valence-electron chi connectivity index (χ4n) is 2.87. The summed E-state index contributed by atoms with van der Waals surface area (Å²) in [5, 5.41) is 0. The van der Waals surface area contributed by atoms with E-state index in [1.165, 1.54) is 0 Å². The van der Waals surface area contributed by atoms with Gasteiger partial charge in [-0.05, 0) is 0 Å². The van der Waals surface area contributed by atoms with Gasteiger partial charge in [-0.1, -0.05) is 0 Å². The molecule has 0 unspecified atom stereocenters. The van der Waals surface area contributed by atoms with Crippen LogP contribution in [0.25, 0.3) is 0 Å². The summed E-state index contributed by atoms with van der Waals surface area (Å²) in [6, 6.07) is 24.8. The van der Waals surface area contributed by atoms with Gasteiger partial charge in [0.2, 0.25) is 0 Å². The Kier molecular flexibility index (Phi) is 5.46. The molecule has 0 radical (unpaired) electrons. The molecule has 0 N–H and O–H groups in total. The topological polar surface area (TPSA) is 43.4 Å². The monoisotopic (exact) mass is 454 g/mol. The van der Waals surface area contributed by atoms with E-state index < -0.39 is 29.2 Å². The summed E-state index contributed by atoms with van der Waals surface area (Å²) in [5.41, 5.74) is -5.51. The predicted octanol–water partition coefficient (Wildman–Crippen LogP) is 2.52. The number of hydrogen-bond donors (Lipinski definition) is 0. The fourth-order valence-corrected chi connectivity index (χ4v) is 14.3. The third-order valence-corrected chi connectivity index (χ3v) is 15.3. The third-order valence-electron chi connectivity index (χ3n) is 4.06. The molecule has 0 bridgehead atoms. The van der Waals surface area contributed by atoms with Crippen molar-refractivity contribution in [1.29, 1.82) is 0 Å². The Hall–Kier alpha value is -2.10. The standard InChI is InChI=1S/C19H15F3GeO3S/c20-19(21,22)27(24,25)26-23(16-10-4-1-5-11-16,17-12-6-2-7-13-17)18-14-8-3-9-15-18/h1-15H. The molecule has 0 atom stereocenters. The molecule has 27 heavy (non-hydrogen) atoms. The predicted molar refractivity (Wildman–Crippen MR) is 100 cm³/mol. The van der Waals surface area contributed by atoms with Crippen LogP contribution in [-0.4, -0.2) is 27.5 Å². The first-order chi connectivity index (χ1) is 12.8. The Bertz CT molecular complexity index is 896. The molecule has 8 heteroatoms. The average molecular weight is 453 g/mol. The normalized spacial score (nSPS) is 12.7. The van der Waals surface area contributed by atoms with Crippen molar-refractivity contribution in [3.05, 3.63) is 91.0 Å². The zero-order chi connectivity index (χ0) is 19.5. The van der Waals surface area contributed by atoms with Gasteiger partial charge in [0.1, 0.15) is 0 Å². The summed E-state index contributed by atoms with van der Waals surface area (Å²) in [7, 11) is -5.82. The van der Waals surface area contributed by atoms with Gasteiger partial charge in [0.25, 0.3) is 0 Å². The van der Waals surface area contributed by atoms with Gasteiger partial charge in [0, 0.05) is 0 Å². The van der Waals surface area contributed by atoms with Gasteiger partial charge in [-0.3, -0.25) is 0 Å². The van der Waals surface area contributed by atoms with Gasteiger partial charge in [-0.25, -0.2) is 0 Å². The summed E-state index contributed by atoms with van der Waals surface area (Å²) in [6.45, 7) is 0. The number of benzene rings is 3. The van der Waals surface area contributed by atoms with Crippen LogP contribution < -0.4 is 13.2 Å². The molecule has 0 aliphatic rings. The minimum absolute atomic E-state index is 0.447. The van der Waals surface area contributed by atoms with Gasteiger partial charge in [-0.2, -0.15) is 0 Å². The Morgan fingerprint density at radius 2 is 0.926 bits per heavy atom. The van der Waals surface area contributed by atoms with Crippen molar-refractivity contribution < 1.29 is 24.8 Å². The second-order valence-corrected chi connectivity index (χ2v) is 14.8. The van der Waals surface area contributed by atoms with Crippen molar-refractivity contribution in [2.75, 3.05) is 0 Å². The van der Waals surface area contributed by atoms with Crippen LogP contribution in [0.5, 0.6) is 0 Å². The molecule has 0 heterocycles. The molecule has 0 aliphatic carbocycles. The molecular formula is C19H15F3GeO3S. The summed E-state index contributed by atoms with van der Waals surface area (Å²) in [4.78, 5) is 0.